The summed E-state index contributed by atoms with van der Waals surface area (Å²) in [6, 6.07) is 6.33. The Hall–Kier alpha value is -1.88. The molecule has 84 valence electrons. The standard InChI is InChI=1S/C11H12N2O3/c1-16-6-7-2-4-8(5-3-7)9-10(14)13-11(15)12-9/h2-5,9H,6H2,1H3,(H2,12,13,14,15). The molecule has 2 rings (SSSR count). The molecule has 2 N–H and O–H groups in total. The van der Waals surface area contributed by atoms with Crippen molar-refractivity contribution >= 4 is 11.9 Å². The first-order valence-corrected chi connectivity index (χ1v) is 4.90. The number of urea groups is 1. The van der Waals surface area contributed by atoms with Crippen molar-refractivity contribution in [3.05, 3.63) is 35.4 Å². The normalized spacial score (nSPS) is 19.4. The molecule has 1 aromatic carbocycles. The summed E-state index contributed by atoms with van der Waals surface area (Å²) in [5.41, 5.74) is 1.79. The molecule has 1 saturated heterocycles. The Bertz CT molecular complexity index is 414. The molecule has 3 amide bonds. The molecule has 5 nitrogen and oxygen atoms in total. The van der Waals surface area contributed by atoms with Crippen molar-refractivity contribution in [1.82, 2.24) is 10.6 Å². The highest BCUT2D eigenvalue weighted by Gasteiger charge is 2.30. The Morgan fingerprint density at radius 3 is 2.44 bits per heavy atom. The SMILES string of the molecule is COCc1ccc(C2NC(=O)NC2=O)cc1. The van der Waals surface area contributed by atoms with Gasteiger partial charge in [0, 0.05) is 7.11 Å². The molecule has 0 spiro atoms. The van der Waals surface area contributed by atoms with Crippen LogP contribution in [0.25, 0.3) is 0 Å². The van der Waals surface area contributed by atoms with Crippen molar-refractivity contribution < 1.29 is 14.3 Å². The van der Waals surface area contributed by atoms with Crippen LogP contribution in [0.15, 0.2) is 24.3 Å². The molecule has 0 bridgehead atoms. The van der Waals surface area contributed by atoms with E-state index in [2.05, 4.69) is 10.6 Å². The fourth-order valence-electron chi connectivity index (χ4n) is 1.62. The lowest BCUT2D eigenvalue weighted by Gasteiger charge is -2.08. The summed E-state index contributed by atoms with van der Waals surface area (Å²) < 4.78 is 4.98. The molecule has 0 saturated carbocycles. The van der Waals surface area contributed by atoms with Gasteiger partial charge in [-0.1, -0.05) is 24.3 Å². The Morgan fingerprint density at radius 1 is 1.25 bits per heavy atom. The van der Waals surface area contributed by atoms with Crippen molar-refractivity contribution in [1.29, 1.82) is 0 Å². The van der Waals surface area contributed by atoms with Gasteiger partial charge in [-0.3, -0.25) is 10.1 Å². The van der Waals surface area contributed by atoms with E-state index in [1.54, 1.807) is 7.11 Å². The first-order chi connectivity index (χ1) is 7.70. The largest absolute Gasteiger partial charge is 0.380 e. The van der Waals surface area contributed by atoms with E-state index in [0.717, 1.165) is 11.1 Å². The minimum Gasteiger partial charge on any atom is -0.380 e. The Balaban J connectivity index is 2.15. The van der Waals surface area contributed by atoms with Crippen LogP contribution >= 0.6 is 0 Å². The summed E-state index contributed by atoms with van der Waals surface area (Å²) in [6.45, 7) is 0.531. The minimum absolute atomic E-state index is 0.315. The van der Waals surface area contributed by atoms with E-state index in [1.165, 1.54) is 0 Å². The lowest BCUT2D eigenvalue weighted by Crippen LogP contribution is -2.22. The number of methoxy groups -OCH3 is 1. The summed E-state index contributed by atoms with van der Waals surface area (Å²) in [4.78, 5) is 22.3. The second kappa shape index (κ2) is 4.32. The van der Waals surface area contributed by atoms with Gasteiger partial charge in [0.15, 0.2) is 0 Å². The number of amides is 3. The van der Waals surface area contributed by atoms with Crippen molar-refractivity contribution in [2.24, 2.45) is 0 Å². The molecule has 5 heteroatoms. The lowest BCUT2D eigenvalue weighted by molar-refractivity contribution is -0.120. The Kier molecular flexibility index (Phi) is 2.87. The highest BCUT2D eigenvalue weighted by atomic mass is 16.5. The predicted molar refractivity (Wildman–Crippen MR) is 56.6 cm³/mol. The molecule has 0 radical (unpaired) electrons. The minimum atomic E-state index is -0.580. The van der Waals surface area contributed by atoms with Crippen LogP contribution < -0.4 is 10.6 Å². The topological polar surface area (TPSA) is 67.4 Å². The third kappa shape index (κ3) is 2.04. The zero-order chi connectivity index (χ0) is 11.5. The van der Waals surface area contributed by atoms with Crippen LogP contribution in [0.4, 0.5) is 4.79 Å². The second-order valence-corrected chi connectivity index (χ2v) is 3.57. The van der Waals surface area contributed by atoms with Crippen LogP contribution in [0.1, 0.15) is 17.2 Å². The number of hydrogen-bond acceptors (Lipinski definition) is 3. The summed E-state index contributed by atoms with van der Waals surface area (Å²) in [7, 11) is 1.62. The van der Waals surface area contributed by atoms with Crippen molar-refractivity contribution in [2.75, 3.05) is 7.11 Å². The van der Waals surface area contributed by atoms with Gasteiger partial charge < -0.3 is 10.1 Å². The number of ether oxygens (including phenoxy) is 1. The van der Waals surface area contributed by atoms with Gasteiger partial charge in [-0.25, -0.2) is 4.79 Å². The monoisotopic (exact) mass is 220 g/mol. The van der Waals surface area contributed by atoms with E-state index in [1.807, 2.05) is 24.3 Å². The smallest absolute Gasteiger partial charge is 0.322 e. The molecular weight excluding hydrogens is 208 g/mol. The van der Waals surface area contributed by atoms with Crippen LogP contribution in [-0.2, 0) is 16.1 Å². The quantitative estimate of drug-likeness (QED) is 0.737. The number of carbonyl (C=O) groups is 2. The fourth-order valence-corrected chi connectivity index (χ4v) is 1.62. The van der Waals surface area contributed by atoms with Crippen LogP contribution in [0.5, 0.6) is 0 Å². The van der Waals surface area contributed by atoms with E-state index in [0.29, 0.717) is 6.61 Å². The van der Waals surface area contributed by atoms with Gasteiger partial charge >= 0.3 is 6.03 Å². The van der Waals surface area contributed by atoms with Crippen LogP contribution in [-0.4, -0.2) is 19.0 Å². The van der Waals surface area contributed by atoms with E-state index in [9.17, 15) is 9.59 Å². The molecule has 1 aliphatic heterocycles. The molecule has 16 heavy (non-hydrogen) atoms. The first kappa shape index (κ1) is 10.6. The van der Waals surface area contributed by atoms with Crippen molar-refractivity contribution in [3.8, 4) is 0 Å². The maximum atomic E-state index is 11.4. The molecule has 1 unspecified atom stereocenters. The maximum Gasteiger partial charge on any atom is 0.322 e. The van der Waals surface area contributed by atoms with Crippen molar-refractivity contribution in [2.45, 2.75) is 12.6 Å². The van der Waals surface area contributed by atoms with Gasteiger partial charge in [0.2, 0.25) is 0 Å². The molecule has 1 aromatic rings. The number of carbonyl (C=O) groups excluding carboxylic acids is 2. The number of nitrogens with one attached hydrogen (secondary N) is 2. The number of imide groups is 1. The second-order valence-electron chi connectivity index (χ2n) is 3.57. The Morgan fingerprint density at radius 2 is 1.94 bits per heavy atom. The number of benzene rings is 1. The molecular formula is C11H12N2O3. The fraction of sp³-hybridized carbons (Fsp3) is 0.273. The van der Waals surface area contributed by atoms with Gasteiger partial charge in [0.25, 0.3) is 5.91 Å². The molecule has 0 aliphatic carbocycles. The van der Waals surface area contributed by atoms with E-state index in [4.69, 9.17) is 4.74 Å². The van der Waals surface area contributed by atoms with Gasteiger partial charge in [0.05, 0.1) is 6.61 Å². The van der Waals surface area contributed by atoms with Gasteiger partial charge in [-0.15, -0.1) is 0 Å². The van der Waals surface area contributed by atoms with Gasteiger partial charge in [0.1, 0.15) is 6.04 Å². The average Bonchev–Trinajstić information content (AvgIpc) is 2.59. The summed E-state index contributed by atoms with van der Waals surface area (Å²) >= 11 is 0. The molecule has 0 aromatic heterocycles. The third-order valence-electron chi connectivity index (χ3n) is 2.40. The average molecular weight is 220 g/mol. The third-order valence-corrected chi connectivity index (χ3v) is 2.40. The zero-order valence-corrected chi connectivity index (χ0v) is 8.82. The van der Waals surface area contributed by atoms with E-state index < -0.39 is 12.1 Å². The van der Waals surface area contributed by atoms with Crippen LogP contribution in [0.2, 0.25) is 0 Å². The van der Waals surface area contributed by atoms with Gasteiger partial charge in [-0.2, -0.15) is 0 Å². The van der Waals surface area contributed by atoms with Crippen LogP contribution in [0, 0.1) is 0 Å². The predicted octanol–water partition coefficient (Wildman–Crippen LogP) is 0.714. The molecule has 1 fully saturated rings. The van der Waals surface area contributed by atoms with E-state index in [-0.39, 0.29) is 5.91 Å². The first-order valence-electron chi connectivity index (χ1n) is 4.90. The van der Waals surface area contributed by atoms with Gasteiger partial charge in [-0.05, 0) is 11.1 Å². The highest BCUT2D eigenvalue weighted by Crippen LogP contribution is 2.17. The number of hydrogen-bond donors (Lipinski definition) is 2. The summed E-state index contributed by atoms with van der Waals surface area (Å²) in [5.74, 6) is -0.315. The molecule has 1 atom stereocenters. The highest BCUT2D eigenvalue weighted by molar-refractivity contribution is 6.04. The van der Waals surface area contributed by atoms with E-state index >= 15 is 0 Å². The Labute approximate surface area is 92.8 Å². The summed E-state index contributed by atoms with van der Waals surface area (Å²) in [6.07, 6.45) is 0. The van der Waals surface area contributed by atoms with Crippen molar-refractivity contribution in [3.63, 3.8) is 0 Å². The number of rotatable bonds is 3. The maximum absolute atomic E-state index is 11.4. The lowest BCUT2D eigenvalue weighted by atomic mass is 10.1. The zero-order valence-electron chi connectivity index (χ0n) is 8.82. The van der Waals surface area contributed by atoms with Crippen LogP contribution in [0.3, 0.4) is 0 Å². The molecule has 1 aliphatic rings. The summed E-state index contributed by atoms with van der Waals surface area (Å²) in [5, 5.41) is 4.73. The molecule has 1 heterocycles.